The summed E-state index contributed by atoms with van der Waals surface area (Å²) in [6, 6.07) is 1.90. The number of hydrogen-bond acceptors (Lipinski definition) is 4. The van der Waals surface area contributed by atoms with Crippen molar-refractivity contribution in [1.29, 1.82) is 0 Å². The molecule has 5 nitrogen and oxygen atoms in total. The maximum atomic E-state index is 13.7. The first-order valence-electron chi connectivity index (χ1n) is 5.88. The summed E-state index contributed by atoms with van der Waals surface area (Å²) in [4.78, 5) is 11.5. The van der Waals surface area contributed by atoms with Crippen molar-refractivity contribution in [2.75, 3.05) is 19.8 Å². The second-order valence-electron chi connectivity index (χ2n) is 3.99. The Morgan fingerprint density at radius 2 is 2.10 bits per heavy atom. The van der Waals surface area contributed by atoms with Crippen molar-refractivity contribution in [1.82, 2.24) is 5.32 Å². The molecular weight excluding hydrogens is 309 g/mol. The monoisotopic (exact) mass is 323 g/mol. The van der Waals surface area contributed by atoms with Gasteiger partial charge in [0.2, 0.25) is 0 Å². The van der Waals surface area contributed by atoms with E-state index in [0.717, 1.165) is 12.1 Å². The van der Waals surface area contributed by atoms with Crippen LogP contribution in [0, 0.1) is 12.7 Å². The van der Waals surface area contributed by atoms with Crippen LogP contribution in [0.4, 0.5) is 4.39 Å². The lowest BCUT2D eigenvalue weighted by atomic mass is 10.1. The van der Waals surface area contributed by atoms with E-state index < -0.39 is 20.8 Å². The molecular formula is C12H15ClFNO4S. The zero-order chi connectivity index (χ0) is 15.3. The third-order valence-electron chi connectivity index (χ3n) is 2.51. The van der Waals surface area contributed by atoms with E-state index in [1.807, 2.05) is 0 Å². The quantitative estimate of drug-likeness (QED) is 0.640. The molecule has 8 heteroatoms. The van der Waals surface area contributed by atoms with Crippen LogP contribution in [-0.2, 0) is 13.8 Å². The molecule has 0 spiro atoms. The Hall–Kier alpha value is -1.18. The molecule has 20 heavy (non-hydrogen) atoms. The van der Waals surface area contributed by atoms with Gasteiger partial charge in [0.05, 0.1) is 17.1 Å². The van der Waals surface area contributed by atoms with Crippen LogP contribution in [0.25, 0.3) is 0 Å². The highest BCUT2D eigenvalue weighted by atomic mass is 35.7. The molecule has 0 saturated carbocycles. The minimum absolute atomic E-state index is 0.142. The number of halogens is 2. The summed E-state index contributed by atoms with van der Waals surface area (Å²) < 4.78 is 41.4. The Balaban J connectivity index is 2.98. The molecule has 0 aliphatic carbocycles. The van der Waals surface area contributed by atoms with Crippen molar-refractivity contribution in [3.05, 3.63) is 29.1 Å². The zero-order valence-electron chi connectivity index (χ0n) is 11.1. The van der Waals surface area contributed by atoms with E-state index in [9.17, 15) is 17.6 Å². The number of carbonyl (C=O) groups is 1. The molecule has 1 amide bonds. The van der Waals surface area contributed by atoms with Crippen molar-refractivity contribution in [2.45, 2.75) is 18.7 Å². The smallest absolute Gasteiger partial charge is 0.261 e. The maximum absolute atomic E-state index is 13.7. The molecule has 0 aliphatic heterocycles. The number of carbonyl (C=O) groups excluding carboxylic acids is 1. The van der Waals surface area contributed by atoms with E-state index in [0.29, 0.717) is 6.61 Å². The molecule has 0 atom stereocenters. The summed E-state index contributed by atoms with van der Waals surface area (Å²) in [7, 11) is 1.20. The van der Waals surface area contributed by atoms with Crippen LogP contribution < -0.4 is 5.32 Å². The van der Waals surface area contributed by atoms with E-state index in [1.165, 1.54) is 6.92 Å². The van der Waals surface area contributed by atoms with Gasteiger partial charge in [-0.25, -0.2) is 12.8 Å². The molecule has 1 rings (SSSR count). The van der Waals surface area contributed by atoms with Gasteiger partial charge in [-0.15, -0.1) is 0 Å². The third kappa shape index (κ3) is 4.43. The van der Waals surface area contributed by atoms with Gasteiger partial charge < -0.3 is 10.1 Å². The first-order valence-corrected chi connectivity index (χ1v) is 8.19. The Morgan fingerprint density at radius 3 is 2.65 bits per heavy atom. The van der Waals surface area contributed by atoms with Gasteiger partial charge in [-0.05, 0) is 31.5 Å². The summed E-state index contributed by atoms with van der Waals surface area (Å²) in [6.07, 6.45) is 0. The minimum Gasteiger partial charge on any atom is -0.380 e. The van der Waals surface area contributed by atoms with E-state index in [-0.39, 0.29) is 29.2 Å². The van der Waals surface area contributed by atoms with E-state index in [2.05, 4.69) is 5.32 Å². The van der Waals surface area contributed by atoms with Crippen LogP contribution in [0.3, 0.4) is 0 Å². The molecule has 112 valence electrons. The molecule has 0 saturated heterocycles. The molecule has 0 aromatic heterocycles. The van der Waals surface area contributed by atoms with Crippen molar-refractivity contribution < 1.29 is 22.3 Å². The molecule has 0 bridgehead atoms. The zero-order valence-corrected chi connectivity index (χ0v) is 12.6. The molecule has 1 aromatic carbocycles. The van der Waals surface area contributed by atoms with E-state index in [4.69, 9.17) is 15.4 Å². The van der Waals surface area contributed by atoms with Crippen LogP contribution in [0.15, 0.2) is 17.0 Å². The molecule has 1 N–H and O–H groups in total. The van der Waals surface area contributed by atoms with Gasteiger partial charge in [-0.3, -0.25) is 4.79 Å². The minimum atomic E-state index is -4.03. The fourth-order valence-corrected chi connectivity index (χ4v) is 2.77. The Bertz CT molecular complexity index is 604. The fourth-order valence-electron chi connectivity index (χ4n) is 1.57. The van der Waals surface area contributed by atoms with Crippen molar-refractivity contribution in [2.24, 2.45) is 0 Å². The fraction of sp³-hybridized carbons (Fsp3) is 0.417. The van der Waals surface area contributed by atoms with Crippen molar-refractivity contribution in [3.63, 3.8) is 0 Å². The predicted octanol–water partition coefficient (Wildman–Crippen LogP) is 1.83. The summed E-state index contributed by atoms with van der Waals surface area (Å²) >= 11 is 0. The number of benzene rings is 1. The molecule has 1 aromatic rings. The SMILES string of the molecule is CCOCCNC(=O)c1cc(S(=O)(=O)Cl)c(C)cc1F. The van der Waals surface area contributed by atoms with Crippen molar-refractivity contribution in [3.8, 4) is 0 Å². The van der Waals surface area contributed by atoms with Crippen LogP contribution in [0.1, 0.15) is 22.8 Å². The first-order chi connectivity index (χ1) is 9.27. The molecule has 0 radical (unpaired) electrons. The molecule has 0 heterocycles. The van der Waals surface area contributed by atoms with Gasteiger partial charge in [-0.1, -0.05) is 0 Å². The highest BCUT2D eigenvalue weighted by molar-refractivity contribution is 8.13. The van der Waals surface area contributed by atoms with Gasteiger partial charge in [0.15, 0.2) is 0 Å². The third-order valence-corrected chi connectivity index (χ3v) is 3.97. The lowest BCUT2D eigenvalue weighted by molar-refractivity contribution is 0.0918. The van der Waals surface area contributed by atoms with Gasteiger partial charge in [0, 0.05) is 23.8 Å². The van der Waals surface area contributed by atoms with Gasteiger partial charge in [0.25, 0.3) is 15.0 Å². The van der Waals surface area contributed by atoms with Crippen LogP contribution in [0.2, 0.25) is 0 Å². The topological polar surface area (TPSA) is 72.5 Å². The predicted molar refractivity (Wildman–Crippen MR) is 73.0 cm³/mol. The number of ether oxygens (including phenoxy) is 1. The number of nitrogens with one attached hydrogen (secondary N) is 1. The van der Waals surface area contributed by atoms with Crippen LogP contribution in [-0.4, -0.2) is 34.1 Å². The number of rotatable bonds is 6. The number of hydrogen-bond donors (Lipinski definition) is 1. The van der Waals surface area contributed by atoms with Gasteiger partial charge >= 0.3 is 0 Å². The lowest BCUT2D eigenvalue weighted by Gasteiger charge is -2.09. The van der Waals surface area contributed by atoms with E-state index >= 15 is 0 Å². The number of aryl methyl sites for hydroxylation is 1. The average Bonchev–Trinajstić information content (AvgIpc) is 2.32. The Kier molecular flexibility index (Phi) is 5.91. The molecule has 0 unspecified atom stereocenters. The van der Waals surface area contributed by atoms with Crippen molar-refractivity contribution >= 4 is 25.6 Å². The normalized spacial score (nSPS) is 11.4. The summed E-state index contributed by atoms with van der Waals surface area (Å²) in [5.41, 5.74) is -0.227. The maximum Gasteiger partial charge on any atom is 0.261 e. The highest BCUT2D eigenvalue weighted by Gasteiger charge is 2.20. The Morgan fingerprint density at radius 1 is 1.45 bits per heavy atom. The first kappa shape index (κ1) is 16.9. The van der Waals surface area contributed by atoms with Gasteiger partial charge in [0.1, 0.15) is 5.82 Å². The molecule has 0 fully saturated rings. The second kappa shape index (κ2) is 7.01. The largest absolute Gasteiger partial charge is 0.380 e. The standard InChI is InChI=1S/C12H15ClFNO4S/c1-3-19-5-4-15-12(16)9-7-11(20(13,17)18)8(2)6-10(9)14/h6-7H,3-5H2,1-2H3,(H,15,16). The Labute approximate surface area is 121 Å². The summed E-state index contributed by atoms with van der Waals surface area (Å²) in [5.74, 6) is -1.52. The lowest BCUT2D eigenvalue weighted by Crippen LogP contribution is -2.28. The highest BCUT2D eigenvalue weighted by Crippen LogP contribution is 2.23. The molecule has 0 aliphatic rings. The number of amides is 1. The second-order valence-corrected chi connectivity index (χ2v) is 6.52. The van der Waals surface area contributed by atoms with Gasteiger partial charge in [-0.2, -0.15) is 0 Å². The summed E-state index contributed by atoms with van der Waals surface area (Å²) in [6.45, 7) is 4.19. The van der Waals surface area contributed by atoms with E-state index in [1.54, 1.807) is 6.92 Å². The van der Waals surface area contributed by atoms with Crippen LogP contribution >= 0.6 is 10.7 Å². The summed E-state index contributed by atoms with van der Waals surface area (Å²) in [5, 5.41) is 2.43. The average molecular weight is 324 g/mol. The van der Waals surface area contributed by atoms with Crippen LogP contribution in [0.5, 0.6) is 0 Å².